The number of carbonyl (C=O) groups excluding carboxylic acids is 1. The second kappa shape index (κ2) is 10.2. The number of aromatic nitrogens is 1. The molecule has 0 saturated carbocycles. The van der Waals surface area contributed by atoms with Gasteiger partial charge in [-0.1, -0.05) is 25.3 Å². The molecule has 1 amide bonds. The molecule has 1 aliphatic rings. The van der Waals surface area contributed by atoms with Gasteiger partial charge in [-0.3, -0.25) is 14.6 Å². The normalized spacial score (nSPS) is 19.5. The molecule has 1 fully saturated rings. The van der Waals surface area contributed by atoms with Crippen LogP contribution in [-0.4, -0.2) is 49.7 Å². The molecule has 1 saturated heterocycles. The molecule has 2 N–H and O–H groups in total. The zero-order chi connectivity index (χ0) is 18.9. The average Bonchev–Trinajstić information content (AvgIpc) is 3.06. The smallest absolute Gasteiger partial charge is 0.327 e. The second-order valence-corrected chi connectivity index (χ2v) is 7.40. The van der Waals surface area contributed by atoms with Crippen molar-refractivity contribution in [2.24, 2.45) is 0 Å². The van der Waals surface area contributed by atoms with Crippen LogP contribution in [-0.2, 0) is 14.4 Å². The lowest BCUT2D eigenvalue weighted by Gasteiger charge is -2.27. The van der Waals surface area contributed by atoms with Crippen LogP contribution in [0.15, 0.2) is 24.5 Å². The minimum atomic E-state index is -0.981. The lowest BCUT2D eigenvalue weighted by molar-refractivity contribution is -0.149. The predicted molar refractivity (Wildman–Crippen MR) is 97.7 cm³/mol. The number of unbranched alkanes of at least 4 members (excludes halogenated alkanes) is 4. The highest BCUT2D eigenvalue weighted by molar-refractivity contribution is 7.99. The number of thioether (sulfide) groups is 1. The van der Waals surface area contributed by atoms with Crippen LogP contribution in [0.5, 0.6) is 0 Å². The summed E-state index contributed by atoms with van der Waals surface area (Å²) in [7, 11) is 0. The summed E-state index contributed by atoms with van der Waals surface area (Å²) in [5.74, 6) is -1.55. The Morgan fingerprint density at radius 2 is 1.81 bits per heavy atom. The van der Waals surface area contributed by atoms with Crippen molar-refractivity contribution in [3.63, 3.8) is 0 Å². The first-order valence-corrected chi connectivity index (χ1v) is 9.83. The molecule has 1 aromatic rings. The fraction of sp³-hybridized carbons (Fsp3) is 0.556. The summed E-state index contributed by atoms with van der Waals surface area (Å²) < 4.78 is 0. The maximum Gasteiger partial charge on any atom is 0.327 e. The minimum Gasteiger partial charge on any atom is -0.481 e. The van der Waals surface area contributed by atoms with Gasteiger partial charge >= 0.3 is 11.9 Å². The highest BCUT2D eigenvalue weighted by Crippen LogP contribution is 2.41. The van der Waals surface area contributed by atoms with E-state index < -0.39 is 18.0 Å². The van der Waals surface area contributed by atoms with E-state index in [-0.39, 0.29) is 17.7 Å². The van der Waals surface area contributed by atoms with E-state index in [1.165, 1.54) is 16.7 Å². The van der Waals surface area contributed by atoms with Crippen molar-refractivity contribution < 1.29 is 24.6 Å². The van der Waals surface area contributed by atoms with Crippen LogP contribution in [0.3, 0.4) is 0 Å². The number of nitrogens with zero attached hydrogens (tertiary/aromatic N) is 2. The number of carboxylic acids is 2. The molecule has 2 heterocycles. The molecule has 0 aliphatic carbocycles. The molecule has 0 aromatic carbocycles. The van der Waals surface area contributed by atoms with Gasteiger partial charge in [0.1, 0.15) is 11.4 Å². The molecule has 0 spiro atoms. The molecule has 0 bridgehead atoms. The molecule has 142 valence electrons. The van der Waals surface area contributed by atoms with Crippen LogP contribution >= 0.6 is 11.8 Å². The van der Waals surface area contributed by atoms with Gasteiger partial charge in [-0.25, -0.2) is 4.79 Å². The van der Waals surface area contributed by atoms with Crippen molar-refractivity contribution in [1.29, 1.82) is 0 Å². The summed E-state index contributed by atoms with van der Waals surface area (Å²) in [6.07, 6.45) is 7.67. The predicted octanol–water partition coefficient (Wildman–Crippen LogP) is 2.92. The van der Waals surface area contributed by atoms with E-state index in [0.29, 0.717) is 25.0 Å². The van der Waals surface area contributed by atoms with E-state index >= 15 is 0 Å². The molecule has 2 rings (SSSR count). The van der Waals surface area contributed by atoms with Crippen molar-refractivity contribution in [2.45, 2.75) is 56.4 Å². The van der Waals surface area contributed by atoms with Gasteiger partial charge in [0.15, 0.2) is 0 Å². The van der Waals surface area contributed by atoms with Crippen LogP contribution in [0.4, 0.5) is 0 Å². The van der Waals surface area contributed by atoms with Gasteiger partial charge in [-0.2, -0.15) is 0 Å². The first kappa shape index (κ1) is 20.2. The highest BCUT2D eigenvalue weighted by Gasteiger charge is 2.41. The molecule has 1 unspecified atom stereocenters. The third-order valence-electron chi connectivity index (χ3n) is 4.32. The molecule has 7 nitrogen and oxygen atoms in total. The Balaban J connectivity index is 1.86. The largest absolute Gasteiger partial charge is 0.481 e. The molecule has 2 atom stereocenters. The van der Waals surface area contributed by atoms with Crippen molar-refractivity contribution in [1.82, 2.24) is 9.88 Å². The van der Waals surface area contributed by atoms with Gasteiger partial charge < -0.3 is 15.1 Å². The Morgan fingerprint density at radius 3 is 2.42 bits per heavy atom. The van der Waals surface area contributed by atoms with Gasteiger partial charge in [0.05, 0.1) is 0 Å². The topological polar surface area (TPSA) is 108 Å². The summed E-state index contributed by atoms with van der Waals surface area (Å²) in [6.45, 7) is 0. The summed E-state index contributed by atoms with van der Waals surface area (Å²) in [4.78, 5) is 40.2. The Bertz CT molecular complexity index is 625. The second-order valence-electron chi connectivity index (χ2n) is 6.29. The lowest BCUT2D eigenvalue weighted by atomic mass is 10.1. The van der Waals surface area contributed by atoms with E-state index in [2.05, 4.69) is 4.98 Å². The zero-order valence-electron chi connectivity index (χ0n) is 14.5. The third-order valence-corrected chi connectivity index (χ3v) is 5.65. The number of carbonyl (C=O) groups is 3. The number of hydrogen-bond donors (Lipinski definition) is 2. The third kappa shape index (κ3) is 5.72. The molecule has 8 heteroatoms. The summed E-state index contributed by atoms with van der Waals surface area (Å²) in [5, 5.41) is 17.7. The standard InChI is InChI=1S/C18H24N2O5S/c21-15(8-4-2-1-3-5-9-16(22)23)20-14(18(24)25)12-26-17(20)13-7-6-10-19-11-13/h6-7,10-11,14,17H,1-5,8-9,12H2,(H,22,23)(H,24,25)/t14-,17?/m0/s1. The van der Waals surface area contributed by atoms with Crippen LogP contribution < -0.4 is 0 Å². The number of amides is 1. The fourth-order valence-corrected chi connectivity index (χ4v) is 4.42. The first-order valence-electron chi connectivity index (χ1n) is 8.78. The summed E-state index contributed by atoms with van der Waals surface area (Å²) >= 11 is 1.45. The van der Waals surface area contributed by atoms with E-state index in [1.807, 2.05) is 6.07 Å². The van der Waals surface area contributed by atoms with E-state index in [9.17, 15) is 19.5 Å². The SMILES string of the molecule is O=C(O)CCCCCCCC(=O)N1C(c2cccnc2)SC[C@H]1C(=O)O. The molecule has 26 heavy (non-hydrogen) atoms. The molecule has 1 aliphatic heterocycles. The average molecular weight is 380 g/mol. The number of rotatable bonds is 10. The van der Waals surface area contributed by atoms with Gasteiger partial charge in [0.25, 0.3) is 0 Å². The van der Waals surface area contributed by atoms with Gasteiger partial charge in [-0.05, 0) is 18.9 Å². The maximum atomic E-state index is 12.7. The molecule has 1 aromatic heterocycles. The quantitative estimate of drug-likeness (QED) is 0.601. The van der Waals surface area contributed by atoms with E-state index in [1.54, 1.807) is 18.5 Å². The number of pyridine rings is 1. The van der Waals surface area contributed by atoms with Crippen LogP contribution in [0.1, 0.15) is 55.9 Å². The summed E-state index contributed by atoms with van der Waals surface area (Å²) in [5.41, 5.74) is 0.836. The first-order chi connectivity index (χ1) is 12.5. The Morgan fingerprint density at radius 1 is 1.12 bits per heavy atom. The minimum absolute atomic E-state index is 0.151. The van der Waals surface area contributed by atoms with E-state index in [4.69, 9.17) is 5.11 Å². The number of aliphatic carboxylic acids is 2. The van der Waals surface area contributed by atoms with Gasteiger partial charge in [-0.15, -0.1) is 11.8 Å². The fourth-order valence-electron chi connectivity index (χ4n) is 2.99. The molecule has 0 radical (unpaired) electrons. The number of hydrogen-bond acceptors (Lipinski definition) is 5. The number of carboxylic acid groups (broad SMARTS) is 2. The maximum absolute atomic E-state index is 12.7. The van der Waals surface area contributed by atoms with Crippen LogP contribution in [0.25, 0.3) is 0 Å². The van der Waals surface area contributed by atoms with Crippen molar-refractivity contribution in [2.75, 3.05) is 5.75 Å². The van der Waals surface area contributed by atoms with Crippen LogP contribution in [0.2, 0.25) is 0 Å². The Kier molecular flexibility index (Phi) is 7.90. The van der Waals surface area contributed by atoms with E-state index in [0.717, 1.165) is 24.8 Å². The van der Waals surface area contributed by atoms with Crippen molar-refractivity contribution in [3.05, 3.63) is 30.1 Å². The van der Waals surface area contributed by atoms with Gasteiger partial charge in [0, 0.05) is 36.6 Å². The van der Waals surface area contributed by atoms with Gasteiger partial charge in [0.2, 0.25) is 5.91 Å². The van der Waals surface area contributed by atoms with Crippen molar-refractivity contribution in [3.8, 4) is 0 Å². The molecular formula is C18H24N2O5S. The zero-order valence-corrected chi connectivity index (χ0v) is 15.4. The summed E-state index contributed by atoms with van der Waals surface area (Å²) in [6, 6.07) is 2.83. The highest BCUT2D eigenvalue weighted by atomic mass is 32.2. The van der Waals surface area contributed by atoms with Crippen molar-refractivity contribution >= 4 is 29.6 Å². The van der Waals surface area contributed by atoms with Crippen LogP contribution in [0, 0.1) is 0 Å². The lowest BCUT2D eigenvalue weighted by Crippen LogP contribution is -2.42. The monoisotopic (exact) mass is 380 g/mol. The Labute approximate surface area is 156 Å². The molecular weight excluding hydrogens is 356 g/mol. The Hall–Kier alpha value is -2.09.